The molecule has 0 aromatic carbocycles. The third-order valence-electron chi connectivity index (χ3n) is 3.44. The van der Waals surface area contributed by atoms with Crippen molar-refractivity contribution in [1.82, 2.24) is 30.2 Å². The molecular weight excluding hydrogens is 310 g/mol. The topological polar surface area (TPSA) is 109 Å². The van der Waals surface area contributed by atoms with Crippen LogP contribution in [0.2, 0.25) is 0 Å². The van der Waals surface area contributed by atoms with E-state index >= 15 is 0 Å². The minimum atomic E-state index is -0.125. The number of H-pyrrole nitrogens is 1. The van der Waals surface area contributed by atoms with Gasteiger partial charge in [-0.3, -0.25) is 4.79 Å². The number of methoxy groups -OCH3 is 1. The van der Waals surface area contributed by atoms with Gasteiger partial charge in [0.2, 0.25) is 11.8 Å². The summed E-state index contributed by atoms with van der Waals surface area (Å²) < 4.78 is 5.00. The lowest BCUT2D eigenvalue weighted by Crippen LogP contribution is -2.35. The van der Waals surface area contributed by atoms with Gasteiger partial charge in [-0.25, -0.2) is 19.9 Å². The number of carbonyl (C=O) groups excluding carboxylic acids is 1. The number of nitrogens with zero attached hydrogens (tertiary/aromatic N) is 5. The van der Waals surface area contributed by atoms with Crippen LogP contribution in [0.3, 0.4) is 0 Å². The fraction of sp³-hybridized carbons (Fsp3) is 0.267. The molecule has 24 heavy (non-hydrogen) atoms. The maximum atomic E-state index is 12.1. The van der Waals surface area contributed by atoms with Crippen LogP contribution in [0.15, 0.2) is 31.0 Å². The molecule has 0 saturated carbocycles. The van der Waals surface area contributed by atoms with Crippen molar-refractivity contribution in [3.8, 4) is 5.88 Å². The van der Waals surface area contributed by atoms with E-state index in [-0.39, 0.29) is 12.5 Å². The van der Waals surface area contributed by atoms with Gasteiger partial charge in [-0.15, -0.1) is 0 Å². The number of ether oxygens (including phenoxy) is 1. The molecule has 0 fully saturated rings. The Balaban J connectivity index is 1.58. The quantitative estimate of drug-likeness (QED) is 0.679. The van der Waals surface area contributed by atoms with E-state index in [0.29, 0.717) is 29.4 Å². The van der Waals surface area contributed by atoms with Crippen LogP contribution in [-0.2, 0) is 11.3 Å². The first-order chi connectivity index (χ1) is 11.7. The number of fused-ring (bicyclic) bond motifs is 1. The van der Waals surface area contributed by atoms with E-state index in [9.17, 15) is 4.79 Å². The van der Waals surface area contributed by atoms with Crippen molar-refractivity contribution in [3.63, 3.8) is 0 Å². The lowest BCUT2D eigenvalue weighted by molar-refractivity contribution is -0.119. The lowest BCUT2D eigenvalue weighted by Gasteiger charge is -2.17. The Morgan fingerprint density at radius 2 is 2.17 bits per heavy atom. The first kappa shape index (κ1) is 15.7. The fourth-order valence-corrected chi connectivity index (χ4v) is 2.22. The molecule has 0 saturated heterocycles. The van der Waals surface area contributed by atoms with Gasteiger partial charge in [-0.2, -0.15) is 0 Å². The third-order valence-corrected chi connectivity index (χ3v) is 3.44. The molecule has 0 aliphatic carbocycles. The standard InChI is InChI=1S/C15H17N7O2/c1-22(15-13-14(19-8-18-13)20-9-21-15)7-11(23)16-5-10-3-4-12(24-2)17-6-10/h3-4,6,8-9H,5,7H2,1-2H3,(H,16,23)(H,18,19,20,21). The number of imidazole rings is 1. The lowest BCUT2D eigenvalue weighted by atomic mass is 10.3. The minimum Gasteiger partial charge on any atom is -0.481 e. The minimum absolute atomic E-state index is 0.125. The van der Waals surface area contributed by atoms with Crippen molar-refractivity contribution in [2.45, 2.75) is 6.54 Å². The number of likely N-dealkylation sites (N-methyl/N-ethyl adjacent to an activating group) is 1. The molecule has 1 amide bonds. The zero-order valence-corrected chi connectivity index (χ0v) is 13.4. The average molecular weight is 327 g/mol. The van der Waals surface area contributed by atoms with E-state index in [1.54, 1.807) is 37.6 Å². The molecule has 0 aliphatic rings. The summed E-state index contributed by atoms with van der Waals surface area (Å²) in [5.41, 5.74) is 2.16. The maximum absolute atomic E-state index is 12.1. The Labute approximate surface area is 138 Å². The summed E-state index contributed by atoms with van der Waals surface area (Å²) in [5.74, 6) is 1.04. The number of nitrogens with one attached hydrogen (secondary N) is 2. The molecule has 0 bridgehead atoms. The Bertz CT molecular complexity index is 831. The number of pyridine rings is 1. The van der Waals surface area contributed by atoms with Crippen molar-refractivity contribution < 1.29 is 9.53 Å². The molecular formula is C15H17N7O2. The second kappa shape index (κ2) is 6.90. The van der Waals surface area contributed by atoms with Crippen LogP contribution in [0.4, 0.5) is 5.82 Å². The predicted molar refractivity (Wildman–Crippen MR) is 87.6 cm³/mol. The van der Waals surface area contributed by atoms with Crippen LogP contribution in [0, 0.1) is 0 Å². The number of rotatable bonds is 6. The van der Waals surface area contributed by atoms with Crippen LogP contribution in [-0.4, -0.2) is 51.5 Å². The predicted octanol–water partition coefficient (Wildman–Crippen LogP) is 0.509. The van der Waals surface area contributed by atoms with Crippen LogP contribution >= 0.6 is 0 Å². The van der Waals surface area contributed by atoms with E-state index < -0.39 is 0 Å². The average Bonchev–Trinajstić information content (AvgIpc) is 3.09. The van der Waals surface area contributed by atoms with Gasteiger partial charge >= 0.3 is 0 Å². The number of aromatic amines is 1. The van der Waals surface area contributed by atoms with E-state index in [0.717, 1.165) is 5.56 Å². The van der Waals surface area contributed by atoms with Crippen LogP contribution in [0.1, 0.15) is 5.56 Å². The van der Waals surface area contributed by atoms with E-state index in [1.165, 1.54) is 6.33 Å². The number of hydrogen-bond donors (Lipinski definition) is 2. The normalized spacial score (nSPS) is 10.6. The van der Waals surface area contributed by atoms with Crippen molar-refractivity contribution in [2.24, 2.45) is 0 Å². The number of aromatic nitrogens is 5. The van der Waals surface area contributed by atoms with E-state index in [2.05, 4.69) is 30.2 Å². The smallest absolute Gasteiger partial charge is 0.239 e. The molecule has 3 aromatic heterocycles. The van der Waals surface area contributed by atoms with Gasteiger partial charge in [-0.1, -0.05) is 6.07 Å². The molecule has 9 heteroatoms. The first-order valence-electron chi connectivity index (χ1n) is 7.28. The highest BCUT2D eigenvalue weighted by Crippen LogP contribution is 2.17. The molecule has 3 heterocycles. The summed E-state index contributed by atoms with van der Waals surface area (Å²) in [5, 5.41) is 2.85. The van der Waals surface area contributed by atoms with Gasteiger partial charge < -0.3 is 19.9 Å². The molecule has 0 aliphatic heterocycles. The fourth-order valence-electron chi connectivity index (χ4n) is 2.22. The van der Waals surface area contributed by atoms with Gasteiger partial charge in [0.25, 0.3) is 0 Å². The largest absolute Gasteiger partial charge is 0.481 e. The molecule has 3 rings (SSSR count). The summed E-state index contributed by atoms with van der Waals surface area (Å²) in [4.78, 5) is 33.3. The number of anilines is 1. The molecule has 0 spiro atoms. The Morgan fingerprint density at radius 3 is 2.92 bits per heavy atom. The number of hydrogen-bond acceptors (Lipinski definition) is 7. The maximum Gasteiger partial charge on any atom is 0.239 e. The van der Waals surface area contributed by atoms with Gasteiger partial charge in [0, 0.05) is 25.9 Å². The second-order valence-corrected chi connectivity index (χ2v) is 5.14. The third kappa shape index (κ3) is 3.40. The number of carbonyl (C=O) groups is 1. The Hall–Kier alpha value is -3.23. The second-order valence-electron chi connectivity index (χ2n) is 5.14. The Kier molecular flexibility index (Phi) is 4.50. The summed E-state index contributed by atoms with van der Waals surface area (Å²) in [6.45, 7) is 0.557. The van der Waals surface area contributed by atoms with Crippen LogP contribution < -0.4 is 15.0 Å². The molecule has 2 N–H and O–H groups in total. The highest BCUT2D eigenvalue weighted by molar-refractivity contribution is 5.86. The van der Waals surface area contributed by atoms with Gasteiger partial charge in [-0.05, 0) is 5.56 Å². The van der Waals surface area contributed by atoms with Crippen molar-refractivity contribution in [1.29, 1.82) is 0 Å². The van der Waals surface area contributed by atoms with Crippen LogP contribution in [0.25, 0.3) is 11.2 Å². The molecule has 9 nitrogen and oxygen atoms in total. The summed E-state index contributed by atoms with van der Waals surface area (Å²) in [6, 6.07) is 3.61. The van der Waals surface area contributed by atoms with E-state index in [4.69, 9.17) is 4.74 Å². The van der Waals surface area contributed by atoms with Crippen molar-refractivity contribution in [2.75, 3.05) is 25.6 Å². The molecule has 0 radical (unpaired) electrons. The SMILES string of the molecule is COc1ccc(CNC(=O)CN(C)c2ncnc3nc[nH]c23)cn1. The molecule has 0 unspecified atom stereocenters. The van der Waals surface area contributed by atoms with Gasteiger partial charge in [0.05, 0.1) is 20.0 Å². The number of amides is 1. The zero-order valence-electron chi connectivity index (χ0n) is 13.4. The molecule has 3 aromatic rings. The monoisotopic (exact) mass is 327 g/mol. The summed E-state index contributed by atoms with van der Waals surface area (Å²) >= 11 is 0. The summed E-state index contributed by atoms with van der Waals surface area (Å²) in [7, 11) is 3.35. The highest BCUT2D eigenvalue weighted by Gasteiger charge is 2.13. The van der Waals surface area contributed by atoms with Gasteiger partial charge in [0.1, 0.15) is 11.8 Å². The summed E-state index contributed by atoms with van der Waals surface area (Å²) in [6.07, 6.45) is 4.64. The molecule has 0 atom stereocenters. The zero-order chi connectivity index (χ0) is 16.9. The van der Waals surface area contributed by atoms with E-state index in [1.807, 2.05) is 6.07 Å². The van der Waals surface area contributed by atoms with Crippen molar-refractivity contribution >= 4 is 22.9 Å². The first-order valence-corrected chi connectivity index (χ1v) is 7.28. The molecule has 124 valence electrons. The Morgan fingerprint density at radius 1 is 1.29 bits per heavy atom. The highest BCUT2D eigenvalue weighted by atomic mass is 16.5. The van der Waals surface area contributed by atoms with Crippen LogP contribution in [0.5, 0.6) is 5.88 Å². The van der Waals surface area contributed by atoms with Crippen molar-refractivity contribution in [3.05, 3.63) is 36.5 Å². The van der Waals surface area contributed by atoms with Gasteiger partial charge in [0.15, 0.2) is 11.5 Å².